The van der Waals surface area contributed by atoms with Crippen LogP contribution in [0.15, 0.2) is 47.4 Å². The first-order chi connectivity index (χ1) is 18.7. The maximum absolute atomic E-state index is 12.9. The molecule has 7 nitrogen and oxygen atoms in total. The Labute approximate surface area is 246 Å². The minimum absolute atomic E-state index is 0.0351. The summed E-state index contributed by atoms with van der Waals surface area (Å²) in [7, 11) is -2.55. The number of hydrogen-bond acceptors (Lipinski definition) is 5. The number of sulfonamides is 1. The molecule has 1 N–H and O–H groups in total. The average molecular weight is 617 g/mol. The van der Waals surface area contributed by atoms with E-state index in [1.165, 1.54) is 37.6 Å². The van der Waals surface area contributed by atoms with Crippen LogP contribution in [0.2, 0.25) is 15.1 Å². The SMILES string of the molecule is CN(CCOCC(=O)NC1CCC(C(c2ccccc2)N2CCCC2)CC1)S(=O)(=O)c1c(Cl)cc(Cl)cc1Cl. The van der Waals surface area contributed by atoms with Crippen molar-refractivity contribution in [3.05, 3.63) is 63.1 Å². The van der Waals surface area contributed by atoms with E-state index in [0.717, 1.165) is 43.1 Å². The van der Waals surface area contributed by atoms with Gasteiger partial charge >= 0.3 is 0 Å². The third-order valence-corrected chi connectivity index (χ3v) is 10.7. The normalized spacial score (nSPS) is 21.3. The molecule has 1 saturated carbocycles. The fourth-order valence-corrected chi connectivity index (χ4v) is 8.35. The fourth-order valence-electron chi connectivity index (χ4n) is 5.71. The van der Waals surface area contributed by atoms with Crippen molar-refractivity contribution in [1.82, 2.24) is 14.5 Å². The molecule has 1 unspecified atom stereocenters. The van der Waals surface area contributed by atoms with Gasteiger partial charge in [-0.15, -0.1) is 0 Å². The molecule has 2 aromatic rings. The highest BCUT2D eigenvalue weighted by Gasteiger charge is 2.34. The molecule has 1 aliphatic heterocycles. The average Bonchev–Trinajstić information content (AvgIpc) is 3.42. The lowest BCUT2D eigenvalue weighted by atomic mass is 9.78. The molecule has 2 fully saturated rings. The van der Waals surface area contributed by atoms with Gasteiger partial charge in [-0.2, -0.15) is 4.31 Å². The van der Waals surface area contributed by atoms with Gasteiger partial charge in [-0.05, 0) is 75.2 Å². The summed E-state index contributed by atoms with van der Waals surface area (Å²) in [6, 6.07) is 14.0. The summed E-state index contributed by atoms with van der Waals surface area (Å²) in [5.41, 5.74) is 1.40. The van der Waals surface area contributed by atoms with Crippen molar-refractivity contribution in [3.8, 4) is 0 Å². The minimum Gasteiger partial charge on any atom is -0.370 e. The Morgan fingerprint density at radius 3 is 2.28 bits per heavy atom. The molecule has 1 amide bonds. The monoisotopic (exact) mass is 615 g/mol. The molecule has 1 heterocycles. The summed E-state index contributed by atoms with van der Waals surface area (Å²) in [6.07, 6.45) is 6.55. The quantitative estimate of drug-likeness (QED) is 0.323. The largest absolute Gasteiger partial charge is 0.370 e. The van der Waals surface area contributed by atoms with E-state index in [1.807, 2.05) is 0 Å². The van der Waals surface area contributed by atoms with E-state index >= 15 is 0 Å². The van der Waals surface area contributed by atoms with Crippen LogP contribution in [0.5, 0.6) is 0 Å². The molecule has 2 aromatic carbocycles. The number of carbonyl (C=O) groups excluding carboxylic acids is 1. The van der Waals surface area contributed by atoms with Gasteiger partial charge in [0.05, 0.1) is 16.7 Å². The number of hydrogen-bond donors (Lipinski definition) is 1. The molecule has 0 bridgehead atoms. The topological polar surface area (TPSA) is 79.0 Å². The van der Waals surface area contributed by atoms with Crippen LogP contribution >= 0.6 is 34.8 Å². The molecule has 0 radical (unpaired) electrons. The summed E-state index contributed by atoms with van der Waals surface area (Å²) >= 11 is 18.1. The Balaban J connectivity index is 1.21. The predicted octanol–water partition coefficient (Wildman–Crippen LogP) is 5.80. The van der Waals surface area contributed by atoms with Crippen LogP contribution < -0.4 is 5.32 Å². The van der Waals surface area contributed by atoms with Gasteiger partial charge in [-0.1, -0.05) is 65.1 Å². The summed E-state index contributed by atoms with van der Waals surface area (Å²) in [4.78, 5) is 15.0. The Hall–Kier alpha value is -1.39. The molecule has 4 rings (SSSR count). The van der Waals surface area contributed by atoms with Crippen molar-refractivity contribution in [3.63, 3.8) is 0 Å². The standard InChI is InChI=1S/C28H36Cl3N3O4S/c1-33(39(36,37)28-24(30)17-22(29)18-25(28)31)15-16-38-19-26(35)32-23-11-9-21(10-12-23)27(34-13-5-6-14-34)20-7-3-2-4-8-20/h2-4,7-8,17-18,21,23,27H,5-6,9-16,19H2,1H3,(H,32,35). The number of nitrogens with one attached hydrogen (secondary N) is 1. The van der Waals surface area contributed by atoms with Gasteiger partial charge in [-0.25, -0.2) is 8.42 Å². The van der Waals surface area contributed by atoms with Crippen LogP contribution in [0.1, 0.15) is 50.1 Å². The number of ether oxygens (including phenoxy) is 1. The van der Waals surface area contributed by atoms with E-state index in [-0.39, 0.29) is 51.7 Å². The van der Waals surface area contributed by atoms with Crippen molar-refractivity contribution < 1.29 is 17.9 Å². The lowest BCUT2D eigenvalue weighted by molar-refractivity contribution is -0.126. The molecule has 39 heavy (non-hydrogen) atoms. The second-order valence-electron chi connectivity index (χ2n) is 10.4. The summed E-state index contributed by atoms with van der Waals surface area (Å²) < 4.78 is 32.4. The van der Waals surface area contributed by atoms with Crippen LogP contribution in [0.25, 0.3) is 0 Å². The first-order valence-corrected chi connectivity index (χ1v) is 16.0. The van der Waals surface area contributed by atoms with E-state index in [0.29, 0.717) is 12.0 Å². The van der Waals surface area contributed by atoms with Gasteiger partial charge in [0.2, 0.25) is 15.9 Å². The Kier molecular flexibility index (Phi) is 11.0. The van der Waals surface area contributed by atoms with E-state index < -0.39 is 10.0 Å². The summed E-state index contributed by atoms with van der Waals surface area (Å²) in [5, 5.41) is 3.24. The zero-order chi connectivity index (χ0) is 28.0. The smallest absolute Gasteiger partial charge is 0.246 e. The molecule has 0 aromatic heterocycles. The number of amides is 1. The van der Waals surface area contributed by atoms with Crippen LogP contribution in [0, 0.1) is 5.92 Å². The molecule has 1 saturated heterocycles. The lowest BCUT2D eigenvalue weighted by Crippen LogP contribution is -2.42. The zero-order valence-electron chi connectivity index (χ0n) is 22.1. The van der Waals surface area contributed by atoms with E-state index in [2.05, 4.69) is 40.5 Å². The molecular weight excluding hydrogens is 581 g/mol. The van der Waals surface area contributed by atoms with Crippen molar-refractivity contribution in [1.29, 1.82) is 0 Å². The Morgan fingerprint density at radius 2 is 1.67 bits per heavy atom. The van der Waals surface area contributed by atoms with Crippen LogP contribution in [-0.4, -0.2) is 69.5 Å². The first kappa shape index (κ1) is 30.6. The second kappa shape index (κ2) is 14.0. The molecular formula is C28H36Cl3N3O4S. The van der Waals surface area contributed by atoms with Crippen LogP contribution in [-0.2, 0) is 19.6 Å². The number of likely N-dealkylation sites (tertiary alicyclic amines) is 1. The Bertz CT molecular complexity index is 1190. The number of carbonyl (C=O) groups is 1. The molecule has 214 valence electrons. The van der Waals surface area contributed by atoms with E-state index in [9.17, 15) is 13.2 Å². The predicted molar refractivity (Wildman–Crippen MR) is 156 cm³/mol. The summed E-state index contributed by atoms with van der Waals surface area (Å²) in [6.45, 7) is 2.27. The van der Waals surface area contributed by atoms with Crippen molar-refractivity contribution in [2.45, 2.75) is 55.5 Å². The van der Waals surface area contributed by atoms with Gasteiger partial charge < -0.3 is 10.1 Å². The highest BCUT2D eigenvalue weighted by molar-refractivity contribution is 7.89. The van der Waals surface area contributed by atoms with Crippen LogP contribution in [0.3, 0.4) is 0 Å². The number of likely N-dealkylation sites (N-methyl/N-ethyl adjacent to an activating group) is 1. The maximum atomic E-state index is 12.9. The lowest BCUT2D eigenvalue weighted by Gasteiger charge is -2.39. The van der Waals surface area contributed by atoms with Gasteiger partial charge in [-0.3, -0.25) is 9.69 Å². The second-order valence-corrected chi connectivity index (χ2v) is 13.6. The summed E-state index contributed by atoms with van der Waals surface area (Å²) in [5.74, 6) is 0.391. The number of benzene rings is 2. The Morgan fingerprint density at radius 1 is 1.05 bits per heavy atom. The highest BCUT2D eigenvalue weighted by atomic mass is 35.5. The van der Waals surface area contributed by atoms with Crippen LogP contribution in [0.4, 0.5) is 0 Å². The molecule has 11 heteroatoms. The number of rotatable bonds is 11. The number of nitrogens with zero attached hydrogens (tertiary/aromatic N) is 2. The minimum atomic E-state index is -3.95. The van der Waals surface area contributed by atoms with Crippen molar-refractivity contribution in [2.75, 3.05) is 39.9 Å². The van der Waals surface area contributed by atoms with Gasteiger partial charge in [0.1, 0.15) is 11.5 Å². The van der Waals surface area contributed by atoms with E-state index in [4.69, 9.17) is 39.5 Å². The van der Waals surface area contributed by atoms with Gasteiger partial charge in [0, 0.05) is 30.7 Å². The number of halogens is 3. The van der Waals surface area contributed by atoms with Gasteiger partial charge in [0.15, 0.2) is 0 Å². The van der Waals surface area contributed by atoms with E-state index in [1.54, 1.807) is 0 Å². The zero-order valence-corrected chi connectivity index (χ0v) is 25.2. The third-order valence-electron chi connectivity index (χ3n) is 7.67. The van der Waals surface area contributed by atoms with Gasteiger partial charge in [0.25, 0.3) is 0 Å². The fraction of sp³-hybridized carbons (Fsp3) is 0.536. The van der Waals surface area contributed by atoms with Crippen molar-refractivity contribution in [2.24, 2.45) is 5.92 Å². The third kappa shape index (κ3) is 7.88. The molecule has 2 aliphatic rings. The molecule has 1 atom stereocenters. The highest BCUT2D eigenvalue weighted by Crippen LogP contribution is 2.40. The van der Waals surface area contributed by atoms with Crippen molar-refractivity contribution >= 4 is 50.7 Å². The first-order valence-electron chi connectivity index (χ1n) is 13.4. The maximum Gasteiger partial charge on any atom is 0.246 e. The molecule has 0 spiro atoms. The molecule has 1 aliphatic carbocycles.